The molecule has 2 rings (SSSR count). The molecule has 0 spiro atoms. The highest BCUT2D eigenvalue weighted by molar-refractivity contribution is 6.21. The maximum atomic E-state index is 11.7. The number of aromatic nitrogens is 2. The van der Waals surface area contributed by atoms with Crippen molar-refractivity contribution in [3.05, 3.63) is 42.0 Å². The Bertz CT molecular complexity index is 503. The SMILES string of the molecule is CC1=CC(=O)C=C(Nc2cnccn2)C1=O. The Morgan fingerprint density at radius 2 is 2.00 bits per heavy atom. The van der Waals surface area contributed by atoms with Gasteiger partial charge in [-0.3, -0.25) is 14.6 Å². The topological polar surface area (TPSA) is 72.0 Å². The average molecular weight is 215 g/mol. The van der Waals surface area contributed by atoms with Gasteiger partial charge in [0.25, 0.3) is 0 Å². The first-order valence-electron chi connectivity index (χ1n) is 4.68. The van der Waals surface area contributed by atoms with Gasteiger partial charge in [0.15, 0.2) is 5.78 Å². The van der Waals surface area contributed by atoms with Crippen LogP contribution < -0.4 is 5.32 Å². The van der Waals surface area contributed by atoms with Gasteiger partial charge in [0.1, 0.15) is 5.82 Å². The molecule has 0 aromatic carbocycles. The molecule has 0 bridgehead atoms. The number of nitrogens with one attached hydrogen (secondary N) is 1. The summed E-state index contributed by atoms with van der Waals surface area (Å²) in [6, 6.07) is 0. The van der Waals surface area contributed by atoms with Crippen molar-refractivity contribution >= 4 is 17.4 Å². The Balaban J connectivity index is 2.23. The molecule has 0 fully saturated rings. The zero-order chi connectivity index (χ0) is 11.5. The van der Waals surface area contributed by atoms with E-state index < -0.39 is 0 Å². The van der Waals surface area contributed by atoms with E-state index in [-0.39, 0.29) is 17.3 Å². The van der Waals surface area contributed by atoms with Crippen molar-refractivity contribution in [2.24, 2.45) is 0 Å². The van der Waals surface area contributed by atoms with E-state index in [1.807, 2.05) is 0 Å². The van der Waals surface area contributed by atoms with Gasteiger partial charge in [-0.15, -0.1) is 0 Å². The molecule has 1 aliphatic carbocycles. The summed E-state index contributed by atoms with van der Waals surface area (Å²) in [6.45, 7) is 1.60. The molecule has 80 valence electrons. The second-order valence-electron chi connectivity index (χ2n) is 3.33. The van der Waals surface area contributed by atoms with Gasteiger partial charge in [0.05, 0.1) is 11.9 Å². The fraction of sp³-hybridized carbons (Fsp3) is 0.0909. The summed E-state index contributed by atoms with van der Waals surface area (Å²) >= 11 is 0. The van der Waals surface area contributed by atoms with Crippen LogP contribution in [0, 0.1) is 0 Å². The molecule has 0 radical (unpaired) electrons. The lowest BCUT2D eigenvalue weighted by molar-refractivity contribution is -0.115. The Labute approximate surface area is 91.9 Å². The third-order valence-corrected chi connectivity index (χ3v) is 2.07. The van der Waals surface area contributed by atoms with Gasteiger partial charge in [-0.1, -0.05) is 0 Å². The predicted molar refractivity (Wildman–Crippen MR) is 57.5 cm³/mol. The van der Waals surface area contributed by atoms with Gasteiger partial charge in [0.2, 0.25) is 5.78 Å². The number of hydrogen-bond acceptors (Lipinski definition) is 5. The van der Waals surface area contributed by atoms with Crippen LogP contribution >= 0.6 is 0 Å². The molecular formula is C11H9N3O2. The smallest absolute Gasteiger partial charge is 0.205 e. The number of hydrogen-bond donors (Lipinski definition) is 1. The highest BCUT2D eigenvalue weighted by atomic mass is 16.1. The summed E-state index contributed by atoms with van der Waals surface area (Å²) in [6.07, 6.45) is 7.07. The highest BCUT2D eigenvalue weighted by Gasteiger charge is 2.18. The maximum Gasteiger partial charge on any atom is 0.205 e. The number of nitrogens with zero attached hydrogens (tertiary/aromatic N) is 2. The van der Waals surface area contributed by atoms with E-state index in [0.29, 0.717) is 11.4 Å². The molecule has 0 aliphatic heterocycles. The third-order valence-electron chi connectivity index (χ3n) is 2.07. The van der Waals surface area contributed by atoms with Gasteiger partial charge in [-0.25, -0.2) is 4.98 Å². The van der Waals surface area contributed by atoms with Gasteiger partial charge in [-0.2, -0.15) is 0 Å². The number of carbonyl (C=O) groups excluding carboxylic acids is 2. The molecular weight excluding hydrogens is 206 g/mol. The van der Waals surface area contributed by atoms with Crippen LogP contribution in [-0.2, 0) is 9.59 Å². The lowest BCUT2D eigenvalue weighted by Crippen LogP contribution is -2.18. The van der Waals surface area contributed by atoms with E-state index in [0.717, 1.165) is 0 Å². The van der Waals surface area contributed by atoms with Crippen LogP contribution in [-0.4, -0.2) is 21.5 Å². The Hall–Kier alpha value is -2.30. The number of carbonyl (C=O) groups is 2. The minimum absolute atomic E-state index is 0.203. The average Bonchev–Trinajstić information content (AvgIpc) is 2.27. The zero-order valence-corrected chi connectivity index (χ0v) is 8.60. The van der Waals surface area contributed by atoms with Crippen LogP contribution in [0.3, 0.4) is 0 Å². The summed E-state index contributed by atoms with van der Waals surface area (Å²) in [5, 5.41) is 2.77. The van der Waals surface area contributed by atoms with Crippen molar-refractivity contribution in [2.45, 2.75) is 6.92 Å². The Morgan fingerprint density at radius 1 is 1.19 bits per heavy atom. The van der Waals surface area contributed by atoms with Crippen molar-refractivity contribution < 1.29 is 9.59 Å². The summed E-state index contributed by atoms with van der Waals surface area (Å²) in [5.74, 6) is 0.0262. The van der Waals surface area contributed by atoms with Gasteiger partial charge >= 0.3 is 0 Å². The number of rotatable bonds is 2. The standard InChI is InChI=1S/C11H9N3O2/c1-7-4-8(15)5-9(11(7)16)14-10-6-12-2-3-13-10/h2-6H,1H3,(H,13,14). The van der Waals surface area contributed by atoms with Crippen LogP contribution in [0.25, 0.3) is 0 Å². The van der Waals surface area contributed by atoms with Crippen LogP contribution in [0.2, 0.25) is 0 Å². The van der Waals surface area contributed by atoms with Crippen molar-refractivity contribution in [3.63, 3.8) is 0 Å². The Kier molecular flexibility index (Phi) is 2.59. The van der Waals surface area contributed by atoms with E-state index in [1.54, 1.807) is 6.92 Å². The molecule has 5 heteroatoms. The van der Waals surface area contributed by atoms with E-state index in [2.05, 4.69) is 15.3 Å². The Morgan fingerprint density at radius 3 is 2.69 bits per heavy atom. The largest absolute Gasteiger partial charge is 0.336 e. The quantitative estimate of drug-likeness (QED) is 0.741. The van der Waals surface area contributed by atoms with Crippen LogP contribution in [0.15, 0.2) is 42.0 Å². The number of ketones is 2. The lowest BCUT2D eigenvalue weighted by Gasteiger charge is -2.11. The zero-order valence-electron chi connectivity index (χ0n) is 8.60. The summed E-state index contributed by atoms with van der Waals surface area (Å²) < 4.78 is 0. The number of allylic oxidation sites excluding steroid dienone is 3. The fourth-order valence-corrected chi connectivity index (χ4v) is 1.34. The van der Waals surface area contributed by atoms with Crippen molar-refractivity contribution in [3.8, 4) is 0 Å². The molecule has 0 saturated heterocycles. The van der Waals surface area contributed by atoms with Crippen LogP contribution in [0.1, 0.15) is 6.92 Å². The second kappa shape index (κ2) is 4.06. The minimum Gasteiger partial charge on any atom is -0.336 e. The summed E-state index contributed by atoms with van der Waals surface area (Å²) in [7, 11) is 0. The molecule has 0 saturated carbocycles. The van der Waals surface area contributed by atoms with Crippen LogP contribution in [0.4, 0.5) is 5.82 Å². The van der Waals surface area contributed by atoms with E-state index in [9.17, 15) is 9.59 Å². The molecule has 5 nitrogen and oxygen atoms in total. The van der Waals surface area contributed by atoms with Crippen molar-refractivity contribution in [2.75, 3.05) is 5.32 Å². The van der Waals surface area contributed by atoms with Gasteiger partial charge < -0.3 is 5.32 Å². The van der Waals surface area contributed by atoms with E-state index >= 15 is 0 Å². The summed E-state index contributed by atoms with van der Waals surface area (Å²) in [5.41, 5.74) is 0.643. The first-order chi connectivity index (χ1) is 7.66. The first kappa shape index (κ1) is 10.2. The molecule has 1 aromatic rings. The number of anilines is 1. The first-order valence-corrected chi connectivity index (χ1v) is 4.68. The highest BCUT2D eigenvalue weighted by Crippen LogP contribution is 2.14. The molecule has 1 aromatic heterocycles. The van der Waals surface area contributed by atoms with Gasteiger partial charge in [-0.05, 0) is 13.0 Å². The fourth-order valence-electron chi connectivity index (χ4n) is 1.34. The van der Waals surface area contributed by atoms with E-state index in [1.165, 1.54) is 30.7 Å². The molecule has 1 aliphatic rings. The van der Waals surface area contributed by atoms with Gasteiger partial charge in [0, 0.05) is 24.0 Å². The normalized spacial score (nSPS) is 15.6. The third kappa shape index (κ3) is 2.03. The summed E-state index contributed by atoms with van der Waals surface area (Å²) in [4.78, 5) is 30.7. The minimum atomic E-state index is -0.205. The van der Waals surface area contributed by atoms with Crippen LogP contribution in [0.5, 0.6) is 0 Å². The van der Waals surface area contributed by atoms with Crippen molar-refractivity contribution in [1.29, 1.82) is 0 Å². The predicted octanol–water partition coefficient (Wildman–Crippen LogP) is 0.870. The molecule has 1 N–H and O–H groups in total. The molecule has 1 heterocycles. The molecule has 0 unspecified atom stereocenters. The van der Waals surface area contributed by atoms with E-state index in [4.69, 9.17) is 0 Å². The lowest BCUT2D eigenvalue weighted by atomic mass is 10.0. The number of Topliss-reactive ketones (excluding diaryl/α,β-unsaturated/α-hetero) is 1. The second-order valence-corrected chi connectivity index (χ2v) is 3.33. The molecule has 0 amide bonds. The van der Waals surface area contributed by atoms with Crippen molar-refractivity contribution in [1.82, 2.24) is 9.97 Å². The molecule has 16 heavy (non-hydrogen) atoms. The maximum absolute atomic E-state index is 11.7. The molecule has 0 atom stereocenters. The monoisotopic (exact) mass is 215 g/mol.